The van der Waals surface area contributed by atoms with E-state index in [0.29, 0.717) is 11.3 Å². The van der Waals surface area contributed by atoms with Crippen LogP contribution in [0.25, 0.3) is 10.9 Å². The Labute approximate surface area is 183 Å². The molecule has 0 aliphatic carbocycles. The van der Waals surface area contributed by atoms with Gasteiger partial charge in [-0.2, -0.15) is 0 Å². The molecule has 4 atom stereocenters. The number of carbonyl (C=O) groups is 1. The van der Waals surface area contributed by atoms with Crippen molar-refractivity contribution in [3.8, 4) is 11.5 Å². The number of ether oxygens (including phenoxy) is 4. The summed E-state index contributed by atoms with van der Waals surface area (Å²) in [7, 11) is 4.73. The van der Waals surface area contributed by atoms with Crippen molar-refractivity contribution >= 4 is 16.9 Å². The zero-order valence-corrected chi connectivity index (χ0v) is 18.9. The molecule has 2 aliphatic heterocycles. The summed E-state index contributed by atoms with van der Waals surface area (Å²) in [4.78, 5) is 16.0. The van der Waals surface area contributed by atoms with Gasteiger partial charge in [0, 0.05) is 47.1 Å². The van der Waals surface area contributed by atoms with E-state index >= 15 is 0 Å². The van der Waals surface area contributed by atoms with Crippen LogP contribution in [0.4, 0.5) is 0 Å². The third-order valence-electron chi connectivity index (χ3n) is 6.73. The lowest BCUT2D eigenvalue weighted by Crippen LogP contribution is -2.47. The zero-order chi connectivity index (χ0) is 22.1. The van der Waals surface area contributed by atoms with Crippen LogP contribution in [0, 0.1) is 11.8 Å². The number of fused-ring (bicyclic) bond motifs is 2. The lowest BCUT2D eigenvalue weighted by Gasteiger charge is -2.42. The van der Waals surface area contributed by atoms with Crippen molar-refractivity contribution in [2.75, 3.05) is 27.9 Å². The number of hydrogen-bond acceptors (Lipinski definition) is 6. The van der Waals surface area contributed by atoms with Crippen LogP contribution in [0.5, 0.6) is 11.5 Å². The highest BCUT2D eigenvalue weighted by atomic mass is 16.5. The van der Waals surface area contributed by atoms with Gasteiger partial charge < -0.3 is 29.2 Å². The Kier molecular flexibility index (Phi) is 6.14. The lowest BCUT2D eigenvalue weighted by molar-refractivity contribution is -0.138. The highest BCUT2D eigenvalue weighted by Crippen LogP contribution is 2.43. The predicted molar refractivity (Wildman–Crippen MR) is 118 cm³/mol. The van der Waals surface area contributed by atoms with Gasteiger partial charge in [0.1, 0.15) is 0 Å². The van der Waals surface area contributed by atoms with Gasteiger partial charge in [-0.25, -0.2) is 4.79 Å². The van der Waals surface area contributed by atoms with E-state index in [-0.39, 0.29) is 30.0 Å². The summed E-state index contributed by atoms with van der Waals surface area (Å²) in [5.74, 6) is 1.45. The molecule has 2 aliphatic rings. The molecule has 31 heavy (non-hydrogen) atoms. The van der Waals surface area contributed by atoms with E-state index < -0.39 is 0 Å². The Hall–Kier alpha value is -2.67. The fourth-order valence-corrected chi connectivity index (χ4v) is 5.10. The van der Waals surface area contributed by atoms with E-state index in [1.54, 1.807) is 20.5 Å². The number of hydrogen-bond donors (Lipinski definition) is 2. The highest BCUT2D eigenvalue weighted by molar-refractivity contribution is 5.89. The Morgan fingerprint density at radius 1 is 1.19 bits per heavy atom. The topological polar surface area (TPSA) is 81.8 Å². The molecule has 0 radical (unpaired) electrons. The average Bonchev–Trinajstić information content (AvgIpc) is 3.15. The monoisotopic (exact) mass is 428 g/mol. The van der Waals surface area contributed by atoms with Crippen molar-refractivity contribution in [2.45, 2.75) is 45.3 Å². The molecule has 168 valence electrons. The van der Waals surface area contributed by atoms with Crippen LogP contribution in [0.3, 0.4) is 0 Å². The molecule has 2 N–H and O–H groups in total. The number of aromatic nitrogens is 1. The van der Waals surface area contributed by atoms with Gasteiger partial charge >= 0.3 is 5.97 Å². The van der Waals surface area contributed by atoms with Crippen LogP contribution >= 0.6 is 0 Å². The van der Waals surface area contributed by atoms with Gasteiger partial charge in [-0.1, -0.05) is 13.3 Å². The molecule has 2 aromatic rings. The van der Waals surface area contributed by atoms with E-state index in [1.165, 1.54) is 18.4 Å². The number of methoxy groups -OCH3 is 3. The number of carbonyl (C=O) groups excluding carboxylic acids is 1. The summed E-state index contributed by atoms with van der Waals surface area (Å²) in [6, 6.07) is 4.16. The fraction of sp³-hybridized carbons (Fsp3) is 0.542. The van der Waals surface area contributed by atoms with Crippen molar-refractivity contribution in [1.82, 2.24) is 10.3 Å². The third kappa shape index (κ3) is 3.76. The molecule has 7 nitrogen and oxygen atoms in total. The lowest BCUT2D eigenvalue weighted by atomic mass is 9.74. The third-order valence-corrected chi connectivity index (χ3v) is 6.73. The number of benzene rings is 1. The standard InChI is InChI=1S/C24H32N2O5/c1-6-7-14-16-9-21(28-3)22(29-4)10-19(16)26-23(14)20-8-15-17(11-25-20)13(2)31-12-18(15)24(27)30-5/h9-10,12-13,15,17,20,25-26H,6-8,11H2,1-5H3/t13-,15-,17+,20-/m0/s1. The van der Waals surface area contributed by atoms with E-state index in [1.807, 2.05) is 6.07 Å². The molecule has 1 fully saturated rings. The van der Waals surface area contributed by atoms with Crippen LogP contribution < -0.4 is 14.8 Å². The molecular formula is C24H32N2O5. The normalized spacial score (nSPS) is 25.4. The van der Waals surface area contributed by atoms with E-state index in [2.05, 4.69) is 30.2 Å². The quantitative estimate of drug-likeness (QED) is 0.680. The second-order valence-electron chi connectivity index (χ2n) is 8.39. The first-order chi connectivity index (χ1) is 15.0. The maximum absolute atomic E-state index is 12.4. The fourth-order valence-electron chi connectivity index (χ4n) is 5.10. The first-order valence-electron chi connectivity index (χ1n) is 11.0. The van der Waals surface area contributed by atoms with Gasteiger partial charge in [-0.05, 0) is 31.4 Å². The van der Waals surface area contributed by atoms with Crippen LogP contribution in [0.2, 0.25) is 0 Å². The van der Waals surface area contributed by atoms with E-state index in [4.69, 9.17) is 18.9 Å². The molecule has 1 saturated heterocycles. The molecule has 7 heteroatoms. The van der Waals surface area contributed by atoms with Crippen molar-refractivity contribution in [1.29, 1.82) is 0 Å². The minimum absolute atomic E-state index is 0.0539. The number of piperidine rings is 1. The summed E-state index contributed by atoms with van der Waals surface area (Å²) in [6.45, 7) is 5.03. The maximum atomic E-state index is 12.4. The van der Waals surface area contributed by atoms with Gasteiger partial charge in [-0.15, -0.1) is 0 Å². The summed E-state index contributed by atoms with van der Waals surface area (Å²) >= 11 is 0. The molecule has 3 heterocycles. The smallest absolute Gasteiger partial charge is 0.337 e. The van der Waals surface area contributed by atoms with Crippen molar-refractivity contribution in [2.24, 2.45) is 11.8 Å². The molecule has 0 bridgehead atoms. The Bertz CT molecular complexity index is 996. The second kappa shape index (κ2) is 8.83. The molecule has 0 unspecified atom stereocenters. The number of esters is 1. The van der Waals surface area contributed by atoms with Crippen LogP contribution in [-0.2, 0) is 20.7 Å². The summed E-state index contributed by atoms with van der Waals surface area (Å²) < 4.78 is 21.8. The van der Waals surface area contributed by atoms with Crippen molar-refractivity contribution in [3.05, 3.63) is 35.2 Å². The summed E-state index contributed by atoms with van der Waals surface area (Å²) in [5.41, 5.74) is 4.13. The minimum Gasteiger partial charge on any atom is -0.497 e. The minimum atomic E-state index is -0.303. The van der Waals surface area contributed by atoms with Gasteiger partial charge in [0.15, 0.2) is 11.5 Å². The molecule has 0 spiro atoms. The number of aryl methyl sites for hydroxylation is 1. The highest BCUT2D eigenvalue weighted by Gasteiger charge is 2.42. The van der Waals surface area contributed by atoms with Crippen molar-refractivity contribution < 1.29 is 23.7 Å². The van der Waals surface area contributed by atoms with Crippen molar-refractivity contribution in [3.63, 3.8) is 0 Å². The van der Waals surface area contributed by atoms with Crippen LogP contribution in [0.1, 0.15) is 44.0 Å². The maximum Gasteiger partial charge on any atom is 0.337 e. The molecular weight excluding hydrogens is 396 g/mol. The number of nitrogens with one attached hydrogen (secondary N) is 2. The Morgan fingerprint density at radius 2 is 1.94 bits per heavy atom. The Balaban J connectivity index is 1.74. The van der Waals surface area contributed by atoms with Crippen LogP contribution in [-0.4, -0.2) is 44.9 Å². The number of rotatable bonds is 6. The molecule has 4 rings (SSSR count). The van der Waals surface area contributed by atoms with E-state index in [0.717, 1.165) is 42.5 Å². The Morgan fingerprint density at radius 3 is 2.61 bits per heavy atom. The van der Waals surface area contributed by atoms with Gasteiger partial charge in [-0.3, -0.25) is 0 Å². The zero-order valence-electron chi connectivity index (χ0n) is 18.9. The molecule has 1 aromatic heterocycles. The van der Waals surface area contributed by atoms with Gasteiger partial charge in [0.05, 0.1) is 39.3 Å². The van der Waals surface area contributed by atoms with Gasteiger partial charge in [0.25, 0.3) is 0 Å². The first kappa shape index (κ1) is 21.6. The van der Waals surface area contributed by atoms with E-state index in [9.17, 15) is 4.79 Å². The molecule has 1 aromatic carbocycles. The van der Waals surface area contributed by atoms with Crippen LogP contribution in [0.15, 0.2) is 24.0 Å². The second-order valence-corrected chi connectivity index (χ2v) is 8.39. The molecule has 0 amide bonds. The molecule has 0 saturated carbocycles. The average molecular weight is 429 g/mol. The summed E-state index contributed by atoms with van der Waals surface area (Å²) in [6.07, 6.45) is 4.45. The largest absolute Gasteiger partial charge is 0.497 e. The summed E-state index contributed by atoms with van der Waals surface area (Å²) in [5, 5.41) is 4.86. The first-order valence-corrected chi connectivity index (χ1v) is 11.0. The predicted octanol–water partition coefficient (Wildman–Crippen LogP) is 3.88. The number of aromatic amines is 1. The SMILES string of the molecule is CCCc1c([C@@H]2C[C@@H]3C(C(=O)OC)=CO[C@@H](C)[C@H]3CN2)[nH]c2cc(OC)c(OC)cc12. The number of H-pyrrole nitrogens is 1. The van der Waals surface area contributed by atoms with Gasteiger partial charge in [0.2, 0.25) is 0 Å².